The fraction of sp³-hybridized carbons (Fsp3) is 0. The van der Waals surface area contributed by atoms with E-state index in [-0.39, 0.29) is 0 Å². The Morgan fingerprint density at radius 3 is 1.52 bits per heavy atom. The van der Waals surface area contributed by atoms with Crippen LogP contribution < -0.4 is 0 Å². The van der Waals surface area contributed by atoms with E-state index in [9.17, 15) is 0 Å². The van der Waals surface area contributed by atoms with E-state index in [0.29, 0.717) is 0 Å². The number of pyridine rings is 2. The van der Waals surface area contributed by atoms with Crippen LogP contribution in [0.25, 0.3) is 120 Å². The fourth-order valence-corrected chi connectivity index (χ4v) is 9.16. The van der Waals surface area contributed by atoms with Gasteiger partial charge >= 0.3 is 0 Å². The lowest BCUT2D eigenvalue weighted by Gasteiger charge is -2.19. The Kier molecular flexibility index (Phi) is 5.53. The van der Waals surface area contributed by atoms with Gasteiger partial charge in [-0.1, -0.05) is 146 Å². The Bertz CT molecular complexity index is 3470. The van der Waals surface area contributed by atoms with Crippen molar-refractivity contribution < 1.29 is 0 Å². The molecule has 52 heavy (non-hydrogen) atoms. The van der Waals surface area contributed by atoms with Crippen molar-refractivity contribution in [2.45, 2.75) is 0 Å². The van der Waals surface area contributed by atoms with Crippen LogP contribution in [0.2, 0.25) is 0 Å². The van der Waals surface area contributed by atoms with Gasteiger partial charge < -0.3 is 0 Å². The van der Waals surface area contributed by atoms with Gasteiger partial charge in [-0.3, -0.25) is 4.98 Å². The van der Waals surface area contributed by atoms with Crippen LogP contribution in [-0.2, 0) is 0 Å². The summed E-state index contributed by atoms with van der Waals surface area (Å²) in [6, 6.07) is 60.3. The van der Waals surface area contributed by atoms with Gasteiger partial charge in [-0.25, -0.2) is 4.98 Å². The largest absolute Gasteiger partial charge is 0.254 e. The first kappa shape index (κ1) is 27.9. The van der Waals surface area contributed by atoms with Crippen molar-refractivity contribution in [3.05, 3.63) is 170 Å². The first-order chi connectivity index (χ1) is 25.8. The predicted molar refractivity (Wildman–Crippen MR) is 222 cm³/mol. The van der Waals surface area contributed by atoms with E-state index in [4.69, 9.17) is 9.97 Å². The predicted octanol–water partition coefficient (Wildman–Crippen LogP) is 13.6. The van der Waals surface area contributed by atoms with Crippen molar-refractivity contribution >= 4 is 97.2 Å². The summed E-state index contributed by atoms with van der Waals surface area (Å²) in [6.45, 7) is 0. The molecule has 0 atom stereocenters. The summed E-state index contributed by atoms with van der Waals surface area (Å²) in [6.07, 6.45) is 1.85. The minimum absolute atomic E-state index is 0.932. The molecule has 2 heteroatoms. The third-order valence-corrected chi connectivity index (χ3v) is 11.4. The molecule has 0 spiro atoms. The molecule has 0 saturated carbocycles. The Morgan fingerprint density at radius 2 is 0.788 bits per heavy atom. The second-order valence-corrected chi connectivity index (χ2v) is 14.0. The monoisotopic (exact) mass is 656 g/mol. The fourth-order valence-electron chi connectivity index (χ4n) is 9.16. The number of rotatable bonds is 2. The molecule has 0 saturated heterocycles. The number of hydrogen-bond donors (Lipinski definition) is 0. The van der Waals surface area contributed by atoms with Gasteiger partial charge in [-0.2, -0.15) is 0 Å². The highest BCUT2D eigenvalue weighted by Gasteiger charge is 2.19. The lowest BCUT2D eigenvalue weighted by molar-refractivity contribution is 1.37. The van der Waals surface area contributed by atoms with E-state index in [0.717, 1.165) is 33.1 Å². The van der Waals surface area contributed by atoms with Gasteiger partial charge in [-0.15, -0.1) is 0 Å². The molecule has 2 aromatic heterocycles. The maximum absolute atomic E-state index is 5.26. The third kappa shape index (κ3) is 3.73. The average Bonchev–Trinajstić information content (AvgIpc) is 3.21. The number of hydrogen-bond acceptors (Lipinski definition) is 2. The smallest absolute Gasteiger partial charge is 0.0972 e. The first-order valence-electron chi connectivity index (χ1n) is 17.9. The van der Waals surface area contributed by atoms with Gasteiger partial charge in [0.05, 0.1) is 16.7 Å². The molecule has 0 aliphatic rings. The Morgan fingerprint density at radius 1 is 0.288 bits per heavy atom. The second-order valence-electron chi connectivity index (χ2n) is 14.0. The maximum Gasteiger partial charge on any atom is 0.0972 e. The molecule has 0 aliphatic heterocycles. The summed E-state index contributed by atoms with van der Waals surface area (Å²) < 4.78 is 0. The number of nitrogens with zero attached hydrogens (tertiary/aromatic N) is 2. The first-order valence-corrected chi connectivity index (χ1v) is 17.9. The van der Waals surface area contributed by atoms with Crippen LogP contribution in [0.5, 0.6) is 0 Å². The molecule has 0 unspecified atom stereocenters. The number of benzene rings is 9. The lowest BCUT2D eigenvalue weighted by atomic mass is 9.84. The van der Waals surface area contributed by atoms with Crippen LogP contribution in [0, 0.1) is 0 Å². The van der Waals surface area contributed by atoms with Crippen molar-refractivity contribution in [1.29, 1.82) is 0 Å². The van der Waals surface area contributed by atoms with Crippen LogP contribution >= 0.6 is 0 Å². The van der Waals surface area contributed by atoms with Crippen molar-refractivity contribution in [3.8, 4) is 22.4 Å². The summed E-state index contributed by atoms with van der Waals surface area (Å²) in [7, 11) is 0. The Balaban J connectivity index is 1.20. The van der Waals surface area contributed by atoms with Crippen LogP contribution in [0.4, 0.5) is 0 Å². The van der Waals surface area contributed by atoms with E-state index in [1.807, 2.05) is 12.3 Å². The van der Waals surface area contributed by atoms with Crippen molar-refractivity contribution in [2.75, 3.05) is 0 Å². The molecule has 12 rings (SSSR count). The Hall–Kier alpha value is -6.90. The maximum atomic E-state index is 5.26. The summed E-state index contributed by atoms with van der Waals surface area (Å²) in [5, 5.41) is 20.1. The summed E-state index contributed by atoms with van der Waals surface area (Å²) in [5.74, 6) is 0. The van der Waals surface area contributed by atoms with E-state index >= 15 is 0 Å². The molecular formula is C50H28N2. The number of aromatic nitrogens is 2. The highest BCUT2D eigenvalue weighted by atomic mass is 14.8. The van der Waals surface area contributed by atoms with Crippen LogP contribution in [0.15, 0.2) is 170 Å². The van der Waals surface area contributed by atoms with Gasteiger partial charge in [0.25, 0.3) is 0 Å². The zero-order chi connectivity index (χ0) is 33.9. The van der Waals surface area contributed by atoms with E-state index in [1.54, 1.807) is 0 Å². The molecular weight excluding hydrogens is 629 g/mol. The zero-order valence-electron chi connectivity index (χ0n) is 28.1. The van der Waals surface area contributed by atoms with Crippen molar-refractivity contribution in [1.82, 2.24) is 9.97 Å². The summed E-state index contributed by atoms with van der Waals surface area (Å²) >= 11 is 0. The van der Waals surface area contributed by atoms with E-state index in [2.05, 4.69) is 158 Å². The molecule has 2 nitrogen and oxygen atoms in total. The molecule has 0 fully saturated rings. The molecule has 0 N–H and O–H groups in total. The second kappa shape index (κ2) is 10.3. The quantitative estimate of drug-likeness (QED) is 0.173. The SMILES string of the molecule is c1cnc2c(c1)ccc1ccc(-c3ccc(-c4cc5cccc6c7cccc8ccc9cccc(c%10cccc4c%10c56)c9c87)c4ccccc34)nc12. The average molecular weight is 657 g/mol. The molecule has 0 amide bonds. The lowest BCUT2D eigenvalue weighted by Crippen LogP contribution is -1.92. The van der Waals surface area contributed by atoms with Gasteiger partial charge in [-0.05, 0) is 105 Å². The van der Waals surface area contributed by atoms with Gasteiger partial charge in [0, 0.05) is 22.5 Å². The molecule has 238 valence electrons. The molecule has 0 radical (unpaired) electrons. The van der Waals surface area contributed by atoms with Crippen molar-refractivity contribution in [2.24, 2.45) is 0 Å². The minimum atomic E-state index is 0.932. The summed E-state index contributed by atoms with van der Waals surface area (Å²) in [4.78, 5) is 9.97. The standard InChI is InChI=1S/C50H28N2/c1-2-13-35-34(12-1)36(24-25-37(35)44-26-23-32-22-21-31-11-7-27-51-49(31)50(32)52-44)43-28-33-10-5-16-39-38-14-3-8-29-19-20-30-9-4-15-40(46(30)45(29)38)41-17-6-18-42(43)48(41)47(33)39/h1-28H. The van der Waals surface area contributed by atoms with Gasteiger partial charge in [0.2, 0.25) is 0 Å². The van der Waals surface area contributed by atoms with Crippen LogP contribution in [0.3, 0.4) is 0 Å². The van der Waals surface area contributed by atoms with Crippen LogP contribution in [-0.4, -0.2) is 9.97 Å². The molecule has 0 aliphatic carbocycles. The minimum Gasteiger partial charge on any atom is -0.254 e. The molecule has 10 aromatic carbocycles. The summed E-state index contributed by atoms with van der Waals surface area (Å²) in [5.41, 5.74) is 6.40. The van der Waals surface area contributed by atoms with Crippen LogP contribution in [0.1, 0.15) is 0 Å². The molecule has 12 aromatic rings. The highest BCUT2D eigenvalue weighted by molar-refractivity contribution is 6.38. The topological polar surface area (TPSA) is 25.8 Å². The van der Waals surface area contributed by atoms with E-state index < -0.39 is 0 Å². The highest BCUT2D eigenvalue weighted by Crippen LogP contribution is 2.47. The number of fused-ring (bicyclic) bond motifs is 6. The molecule has 2 heterocycles. The zero-order valence-corrected chi connectivity index (χ0v) is 28.1. The molecule has 0 bridgehead atoms. The Labute approximate surface area is 298 Å². The van der Waals surface area contributed by atoms with Gasteiger partial charge in [0.15, 0.2) is 0 Å². The third-order valence-electron chi connectivity index (χ3n) is 11.4. The normalized spacial score (nSPS) is 12.2. The van der Waals surface area contributed by atoms with E-state index in [1.165, 1.54) is 86.5 Å². The van der Waals surface area contributed by atoms with Crippen molar-refractivity contribution in [3.63, 3.8) is 0 Å². The van der Waals surface area contributed by atoms with Gasteiger partial charge in [0.1, 0.15) is 0 Å².